The zero-order chi connectivity index (χ0) is 21.6. The highest BCUT2D eigenvalue weighted by Gasteiger charge is 2.38. The van der Waals surface area contributed by atoms with Gasteiger partial charge in [0, 0.05) is 42.5 Å². The molecular formula is C23H26FN5O2. The number of rotatable bonds is 6. The number of pyridine rings is 2. The Labute approximate surface area is 180 Å². The number of carbonyl (C=O) groups excluding carboxylic acids is 1. The van der Waals surface area contributed by atoms with Crippen LogP contribution in [0.25, 0.3) is 16.6 Å². The van der Waals surface area contributed by atoms with Gasteiger partial charge < -0.3 is 15.0 Å². The Kier molecular flexibility index (Phi) is 4.89. The number of carbonyl (C=O) groups is 1. The van der Waals surface area contributed by atoms with Gasteiger partial charge in [-0.05, 0) is 57.0 Å². The van der Waals surface area contributed by atoms with E-state index in [-0.39, 0.29) is 18.4 Å². The molecule has 1 atom stereocenters. The van der Waals surface area contributed by atoms with Gasteiger partial charge in [0.15, 0.2) is 11.5 Å². The Morgan fingerprint density at radius 1 is 1.35 bits per heavy atom. The molecular weight excluding hydrogens is 397 g/mol. The number of anilines is 1. The van der Waals surface area contributed by atoms with E-state index in [1.54, 1.807) is 10.7 Å². The monoisotopic (exact) mass is 423 g/mol. The second-order valence-corrected chi connectivity index (χ2v) is 8.83. The minimum atomic E-state index is -1.35. The second kappa shape index (κ2) is 7.60. The van der Waals surface area contributed by atoms with E-state index in [1.807, 2.05) is 49.3 Å². The maximum Gasteiger partial charge on any atom is 0.228 e. The molecule has 1 saturated heterocycles. The van der Waals surface area contributed by atoms with Crippen LogP contribution in [0.5, 0.6) is 5.75 Å². The Hall–Kier alpha value is -3.00. The summed E-state index contributed by atoms with van der Waals surface area (Å²) in [7, 11) is 1.92. The van der Waals surface area contributed by atoms with Crippen molar-refractivity contribution in [2.24, 2.45) is 5.92 Å². The number of likely N-dealkylation sites (tertiary alicyclic amines) is 1. The molecule has 1 saturated carbocycles. The number of amides is 1. The van der Waals surface area contributed by atoms with Gasteiger partial charge in [-0.15, -0.1) is 0 Å². The molecule has 7 nitrogen and oxygen atoms in total. The molecule has 2 aliphatic rings. The Bertz CT molecular complexity index is 1140. The molecule has 1 aliphatic carbocycles. The molecule has 3 aromatic heterocycles. The average Bonchev–Trinajstić information content (AvgIpc) is 3.43. The van der Waals surface area contributed by atoms with Crippen LogP contribution in [0.1, 0.15) is 25.0 Å². The zero-order valence-electron chi connectivity index (χ0n) is 17.8. The topological polar surface area (TPSA) is 71.8 Å². The van der Waals surface area contributed by atoms with Crippen molar-refractivity contribution in [1.82, 2.24) is 19.5 Å². The summed E-state index contributed by atoms with van der Waals surface area (Å²) in [6.07, 6.45) is 5.87. The summed E-state index contributed by atoms with van der Waals surface area (Å²) >= 11 is 0. The number of hydrogen-bond acceptors (Lipinski definition) is 5. The van der Waals surface area contributed by atoms with Gasteiger partial charge in [-0.3, -0.25) is 9.78 Å². The van der Waals surface area contributed by atoms with E-state index >= 15 is 4.39 Å². The summed E-state index contributed by atoms with van der Waals surface area (Å²) in [4.78, 5) is 18.4. The molecule has 1 N–H and O–H groups in total. The second-order valence-electron chi connectivity index (χ2n) is 8.83. The quantitative estimate of drug-likeness (QED) is 0.657. The third-order valence-corrected chi connectivity index (χ3v) is 5.96. The molecule has 0 aromatic carbocycles. The predicted octanol–water partition coefficient (Wildman–Crippen LogP) is 3.48. The zero-order valence-corrected chi connectivity index (χ0v) is 17.8. The maximum atomic E-state index is 15.0. The van der Waals surface area contributed by atoms with Crippen molar-refractivity contribution in [3.05, 3.63) is 42.4 Å². The number of nitrogens with one attached hydrogen (secondary N) is 1. The smallest absolute Gasteiger partial charge is 0.228 e. The number of alkyl halides is 1. The van der Waals surface area contributed by atoms with Crippen molar-refractivity contribution in [3.63, 3.8) is 0 Å². The number of ether oxygens (including phenoxy) is 1. The first-order valence-electron chi connectivity index (χ1n) is 10.7. The number of aryl methyl sites for hydroxylation is 1. The van der Waals surface area contributed by atoms with Gasteiger partial charge >= 0.3 is 0 Å². The average molecular weight is 423 g/mol. The first-order chi connectivity index (χ1) is 14.9. The van der Waals surface area contributed by atoms with Crippen molar-refractivity contribution in [1.29, 1.82) is 0 Å². The van der Waals surface area contributed by atoms with Gasteiger partial charge in [-0.2, -0.15) is 5.10 Å². The molecule has 8 heteroatoms. The minimum absolute atomic E-state index is 0.00134. The van der Waals surface area contributed by atoms with E-state index in [1.165, 1.54) is 0 Å². The van der Waals surface area contributed by atoms with E-state index < -0.39 is 5.67 Å². The van der Waals surface area contributed by atoms with Crippen LogP contribution in [-0.4, -0.2) is 57.8 Å². The number of halogens is 1. The molecule has 4 heterocycles. The molecule has 3 aromatic rings. The summed E-state index contributed by atoms with van der Waals surface area (Å²) in [6.45, 7) is 3.02. The van der Waals surface area contributed by atoms with Gasteiger partial charge in [0.25, 0.3) is 0 Å². The molecule has 2 fully saturated rings. The van der Waals surface area contributed by atoms with Gasteiger partial charge in [0.05, 0.1) is 11.7 Å². The van der Waals surface area contributed by atoms with Crippen LogP contribution < -0.4 is 10.1 Å². The van der Waals surface area contributed by atoms with Gasteiger partial charge in [0.1, 0.15) is 12.4 Å². The molecule has 31 heavy (non-hydrogen) atoms. The van der Waals surface area contributed by atoms with E-state index in [2.05, 4.69) is 15.4 Å². The Morgan fingerprint density at radius 2 is 2.19 bits per heavy atom. The van der Waals surface area contributed by atoms with Crippen LogP contribution in [0.15, 0.2) is 36.7 Å². The van der Waals surface area contributed by atoms with Gasteiger partial charge in [-0.25, -0.2) is 8.91 Å². The van der Waals surface area contributed by atoms with Crippen molar-refractivity contribution >= 4 is 17.2 Å². The van der Waals surface area contributed by atoms with Gasteiger partial charge in [-0.1, -0.05) is 0 Å². The lowest BCUT2D eigenvalue weighted by Gasteiger charge is -2.21. The third kappa shape index (κ3) is 4.25. The fourth-order valence-corrected chi connectivity index (χ4v) is 4.04. The summed E-state index contributed by atoms with van der Waals surface area (Å²) < 4.78 is 22.7. The standard InChI is InChI=1S/C23H26FN5O2/c1-15-9-19(20(12-25-15)31-14-23(24)6-8-28(2)13-23)17-5-7-29-18(10-17)11-21(27-29)26-22(30)16-3-4-16/h5,7,9-12,16H,3-4,6,8,13-14H2,1-2H3,(H,26,27,30). The van der Waals surface area contributed by atoms with Crippen molar-refractivity contribution in [2.45, 2.75) is 31.9 Å². The first-order valence-corrected chi connectivity index (χ1v) is 10.7. The van der Waals surface area contributed by atoms with Gasteiger partial charge in [0.2, 0.25) is 5.91 Å². The fourth-order valence-electron chi connectivity index (χ4n) is 4.04. The van der Waals surface area contributed by atoms with Crippen molar-refractivity contribution in [3.8, 4) is 16.9 Å². The molecule has 5 rings (SSSR count). The summed E-state index contributed by atoms with van der Waals surface area (Å²) in [5, 5.41) is 7.31. The highest BCUT2D eigenvalue weighted by atomic mass is 19.1. The van der Waals surface area contributed by atoms with E-state index in [9.17, 15) is 4.79 Å². The van der Waals surface area contributed by atoms with Crippen molar-refractivity contribution < 1.29 is 13.9 Å². The van der Waals surface area contributed by atoms with Crippen LogP contribution in [0.2, 0.25) is 0 Å². The summed E-state index contributed by atoms with van der Waals surface area (Å²) in [6, 6.07) is 7.71. The van der Waals surface area contributed by atoms with E-state index in [4.69, 9.17) is 4.74 Å². The number of aromatic nitrogens is 3. The number of fused-ring (bicyclic) bond motifs is 1. The number of nitrogens with zero attached hydrogens (tertiary/aromatic N) is 4. The molecule has 0 spiro atoms. The van der Waals surface area contributed by atoms with E-state index in [0.29, 0.717) is 24.5 Å². The normalized spacial score (nSPS) is 21.5. The lowest BCUT2D eigenvalue weighted by Crippen LogP contribution is -2.34. The summed E-state index contributed by atoms with van der Waals surface area (Å²) in [5.41, 5.74) is 2.13. The van der Waals surface area contributed by atoms with Crippen LogP contribution in [-0.2, 0) is 4.79 Å². The molecule has 1 amide bonds. The highest BCUT2D eigenvalue weighted by Crippen LogP contribution is 2.34. The Balaban J connectivity index is 1.40. The lowest BCUT2D eigenvalue weighted by atomic mass is 10.1. The van der Waals surface area contributed by atoms with Crippen LogP contribution in [0.4, 0.5) is 10.2 Å². The number of hydrogen-bond donors (Lipinski definition) is 1. The molecule has 1 unspecified atom stereocenters. The molecule has 0 radical (unpaired) electrons. The highest BCUT2D eigenvalue weighted by molar-refractivity contribution is 5.93. The summed E-state index contributed by atoms with van der Waals surface area (Å²) in [5.74, 6) is 1.25. The van der Waals surface area contributed by atoms with Crippen molar-refractivity contribution in [2.75, 3.05) is 32.1 Å². The predicted molar refractivity (Wildman–Crippen MR) is 116 cm³/mol. The van der Waals surface area contributed by atoms with Crippen LogP contribution in [0.3, 0.4) is 0 Å². The Morgan fingerprint density at radius 3 is 2.94 bits per heavy atom. The largest absolute Gasteiger partial charge is 0.488 e. The SMILES string of the molecule is Cc1cc(-c2ccn3nc(NC(=O)C4CC4)cc3c2)c(OCC2(F)CCN(C)C2)cn1. The fraction of sp³-hybridized carbons (Fsp3) is 0.435. The van der Waals surface area contributed by atoms with E-state index in [0.717, 1.165) is 41.7 Å². The lowest BCUT2D eigenvalue weighted by molar-refractivity contribution is -0.117. The van der Waals surface area contributed by atoms with Crippen LogP contribution in [0, 0.1) is 12.8 Å². The third-order valence-electron chi connectivity index (χ3n) is 5.96. The van der Waals surface area contributed by atoms with Crippen LogP contribution >= 0.6 is 0 Å². The molecule has 1 aliphatic heterocycles. The maximum absolute atomic E-state index is 15.0. The molecule has 162 valence electrons. The molecule has 0 bridgehead atoms. The minimum Gasteiger partial charge on any atom is -0.488 e. The first kappa shape index (κ1) is 19.9.